The van der Waals surface area contributed by atoms with Crippen LogP contribution < -0.4 is 0 Å². The summed E-state index contributed by atoms with van der Waals surface area (Å²) in [6.45, 7) is 0. The Bertz CT molecular complexity index is 673. The molecule has 0 aromatic heterocycles. The minimum atomic E-state index is -1.76. The highest BCUT2D eigenvalue weighted by Gasteiger charge is 2.18. The van der Waals surface area contributed by atoms with Gasteiger partial charge in [0, 0.05) is 5.56 Å². The number of aliphatic hydroxyl groups is 1. The van der Waals surface area contributed by atoms with Gasteiger partial charge in [0.2, 0.25) is 0 Å². The summed E-state index contributed by atoms with van der Waals surface area (Å²) in [5.74, 6) is -2.09. The SMILES string of the molecule is O=C(O)C(O)c1ccc(-c2ccc(Cl)c(Cl)c2)c(F)c1. The molecule has 2 aromatic carbocycles. The summed E-state index contributed by atoms with van der Waals surface area (Å²) >= 11 is 11.7. The molecule has 104 valence electrons. The Morgan fingerprint density at radius 1 is 1.10 bits per heavy atom. The number of hydrogen-bond donors (Lipinski definition) is 2. The summed E-state index contributed by atoms with van der Waals surface area (Å²) in [6, 6.07) is 8.36. The lowest BCUT2D eigenvalue weighted by molar-refractivity contribution is -0.146. The summed E-state index contributed by atoms with van der Waals surface area (Å²) in [7, 11) is 0. The second kappa shape index (κ2) is 5.79. The maximum absolute atomic E-state index is 14.0. The van der Waals surface area contributed by atoms with E-state index in [4.69, 9.17) is 28.3 Å². The third-order valence-electron chi connectivity index (χ3n) is 2.77. The molecule has 0 bridgehead atoms. The van der Waals surface area contributed by atoms with Gasteiger partial charge in [-0.05, 0) is 29.3 Å². The van der Waals surface area contributed by atoms with Crippen molar-refractivity contribution in [3.63, 3.8) is 0 Å². The quantitative estimate of drug-likeness (QED) is 0.902. The highest BCUT2D eigenvalue weighted by atomic mass is 35.5. The van der Waals surface area contributed by atoms with Crippen LogP contribution in [-0.2, 0) is 4.79 Å². The number of carbonyl (C=O) groups is 1. The van der Waals surface area contributed by atoms with Crippen molar-refractivity contribution in [2.24, 2.45) is 0 Å². The molecule has 2 rings (SSSR count). The predicted octanol–water partition coefficient (Wildman–Crippen LogP) is 3.92. The molecule has 0 heterocycles. The molecule has 0 aliphatic heterocycles. The zero-order chi connectivity index (χ0) is 14.9. The van der Waals surface area contributed by atoms with Crippen LogP contribution in [0.25, 0.3) is 11.1 Å². The molecule has 0 amide bonds. The van der Waals surface area contributed by atoms with E-state index in [1.165, 1.54) is 18.2 Å². The Balaban J connectivity index is 2.44. The maximum atomic E-state index is 14.0. The van der Waals surface area contributed by atoms with E-state index in [1.54, 1.807) is 12.1 Å². The number of halogens is 3. The fourth-order valence-electron chi connectivity index (χ4n) is 1.74. The minimum Gasteiger partial charge on any atom is -0.479 e. The van der Waals surface area contributed by atoms with Crippen molar-refractivity contribution >= 4 is 29.2 Å². The van der Waals surface area contributed by atoms with E-state index in [-0.39, 0.29) is 11.1 Å². The average molecular weight is 315 g/mol. The van der Waals surface area contributed by atoms with Gasteiger partial charge < -0.3 is 10.2 Å². The van der Waals surface area contributed by atoms with Crippen LogP contribution in [-0.4, -0.2) is 16.2 Å². The summed E-state index contributed by atoms with van der Waals surface area (Å²) in [5.41, 5.74) is 0.719. The summed E-state index contributed by atoms with van der Waals surface area (Å²) < 4.78 is 14.0. The van der Waals surface area contributed by atoms with Crippen LogP contribution in [0.3, 0.4) is 0 Å². The molecule has 3 nitrogen and oxygen atoms in total. The number of hydrogen-bond acceptors (Lipinski definition) is 2. The van der Waals surface area contributed by atoms with E-state index in [9.17, 15) is 14.3 Å². The van der Waals surface area contributed by atoms with E-state index < -0.39 is 17.9 Å². The zero-order valence-electron chi connectivity index (χ0n) is 9.98. The molecule has 1 atom stereocenters. The number of aliphatic carboxylic acids is 1. The molecule has 1 unspecified atom stereocenters. The van der Waals surface area contributed by atoms with Crippen molar-refractivity contribution in [3.05, 3.63) is 57.8 Å². The summed E-state index contributed by atoms with van der Waals surface area (Å²) in [5, 5.41) is 18.7. The molecule has 6 heteroatoms. The van der Waals surface area contributed by atoms with E-state index in [1.807, 2.05) is 0 Å². The molecule has 0 saturated heterocycles. The molecule has 2 aromatic rings. The molecular weight excluding hydrogens is 306 g/mol. The van der Waals surface area contributed by atoms with Crippen LogP contribution in [0.5, 0.6) is 0 Å². The van der Waals surface area contributed by atoms with E-state index in [0.717, 1.165) is 6.07 Å². The van der Waals surface area contributed by atoms with Crippen LogP contribution in [0, 0.1) is 5.82 Å². The monoisotopic (exact) mass is 314 g/mol. The number of rotatable bonds is 3. The van der Waals surface area contributed by atoms with Gasteiger partial charge in [-0.15, -0.1) is 0 Å². The van der Waals surface area contributed by atoms with E-state index >= 15 is 0 Å². The van der Waals surface area contributed by atoms with Gasteiger partial charge in [-0.3, -0.25) is 0 Å². The Morgan fingerprint density at radius 2 is 1.80 bits per heavy atom. The van der Waals surface area contributed by atoms with Crippen molar-refractivity contribution < 1.29 is 19.4 Å². The highest BCUT2D eigenvalue weighted by Crippen LogP contribution is 2.31. The van der Waals surface area contributed by atoms with Crippen molar-refractivity contribution in [2.45, 2.75) is 6.10 Å². The molecule has 0 aliphatic rings. The molecular formula is C14H9Cl2FO3. The van der Waals surface area contributed by atoms with Gasteiger partial charge in [-0.1, -0.05) is 41.4 Å². The first-order valence-corrected chi connectivity index (χ1v) is 6.31. The topological polar surface area (TPSA) is 57.5 Å². The number of aliphatic hydroxyl groups excluding tert-OH is 1. The van der Waals surface area contributed by atoms with Crippen molar-refractivity contribution in [1.29, 1.82) is 0 Å². The van der Waals surface area contributed by atoms with Crippen LogP contribution in [0.2, 0.25) is 10.0 Å². The number of benzene rings is 2. The zero-order valence-corrected chi connectivity index (χ0v) is 11.5. The van der Waals surface area contributed by atoms with Gasteiger partial charge in [0.15, 0.2) is 6.10 Å². The van der Waals surface area contributed by atoms with Crippen LogP contribution in [0.15, 0.2) is 36.4 Å². The first-order valence-electron chi connectivity index (χ1n) is 5.56. The predicted molar refractivity (Wildman–Crippen MR) is 74.5 cm³/mol. The first kappa shape index (κ1) is 14.8. The molecule has 20 heavy (non-hydrogen) atoms. The van der Waals surface area contributed by atoms with Gasteiger partial charge >= 0.3 is 5.97 Å². The third-order valence-corrected chi connectivity index (χ3v) is 3.51. The average Bonchev–Trinajstić information content (AvgIpc) is 2.41. The van der Waals surface area contributed by atoms with Gasteiger partial charge in [-0.2, -0.15) is 0 Å². The first-order chi connectivity index (χ1) is 9.40. The van der Waals surface area contributed by atoms with Gasteiger partial charge in [0.1, 0.15) is 5.82 Å². The molecule has 0 radical (unpaired) electrons. The van der Waals surface area contributed by atoms with Gasteiger partial charge in [-0.25, -0.2) is 9.18 Å². The molecule has 2 N–H and O–H groups in total. The molecule has 0 spiro atoms. The lowest BCUT2D eigenvalue weighted by Gasteiger charge is -2.09. The van der Waals surface area contributed by atoms with E-state index in [2.05, 4.69) is 0 Å². The normalized spacial score (nSPS) is 12.2. The summed E-state index contributed by atoms with van der Waals surface area (Å²) in [4.78, 5) is 10.6. The minimum absolute atomic E-state index is 0.0289. The van der Waals surface area contributed by atoms with Crippen LogP contribution in [0.1, 0.15) is 11.7 Å². The smallest absolute Gasteiger partial charge is 0.337 e. The van der Waals surface area contributed by atoms with Crippen LogP contribution in [0.4, 0.5) is 4.39 Å². The van der Waals surface area contributed by atoms with Gasteiger partial charge in [0.25, 0.3) is 0 Å². The lowest BCUT2D eigenvalue weighted by atomic mass is 10.0. The number of carboxylic acid groups (broad SMARTS) is 1. The number of carboxylic acids is 1. The van der Waals surface area contributed by atoms with Crippen molar-refractivity contribution in [2.75, 3.05) is 0 Å². The van der Waals surface area contributed by atoms with Crippen molar-refractivity contribution in [3.8, 4) is 11.1 Å². The van der Waals surface area contributed by atoms with E-state index in [0.29, 0.717) is 15.6 Å². The maximum Gasteiger partial charge on any atom is 0.337 e. The summed E-state index contributed by atoms with van der Waals surface area (Å²) in [6.07, 6.45) is -1.76. The molecule has 0 aliphatic carbocycles. The standard InChI is InChI=1S/C14H9Cl2FO3/c15-10-4-2-7(5-11(10)16)9-3-1-8(6-12(9)17)13(18)14(19)20/h1-6,13,18H,(H,19,20). The van der Waals surface area contributed by atoms with Crippen molar-refractivity contribution in [1.82, 2.24) is 0 Å². The Labute approximate surface area is 124 Å². The fraction of sp³-hybridized carbons (Fsp3) is 0.0714. The Kier molecular flexibility index (Phi) is 4.28. The molecule has 0 fully saturated rings. The largest absolute Gasteiger partial charge is 0.479 e. The highest BCUT2D eigenvalue weighted by molar-refractivity contribution is 6.42. The second-order valence-electron chi connectivity index (χ2n) is 4.11. The van der Waals surface area contributed by atoms with Crippen LogP contribution >= 0.6 is 23.2 Å². The second-order valence-corrected chi connectivity index (χ2v) is 4.92. The van der Waals surface area contributed by atoms with Gasteiger partial charge in [0.05, 0.1) is 10.0 Å². The Hall–Kier alpha value is -1.62. The lowest BCUT2D eigenvalue weighted by Crippen LogP contribution is -2.10. The molecule has 0 saturated carbocycles. The fourth-order valence-corrected chi connectivity index (χ4v) is 2.04. The third kappa shape index (κ3) is 2.93. The Morgan fingerprint density at radius 3 is 2.35 bits per heavy atom.